The molecule has 0 saturated carbocycles. The topological polar surface area (TPSA) is 88.8 Å². The van der Waals surface area contributed by atoms with Crippen LogP contribution < -0.4 is 4.90 Å². The summed E-state index contributed by atoms with van der Waals surface area (Å²) in [5.41, 5.74) is 3.42. The molecule has 4 atom stereocenters. The Morgan fingerprint density at radius 2 is 1.86 bits per heavy atom. The van der Waals surface area contributed by atoms with Crippen molar-refractivity contribution >= 4 is 16.7 Å². The quantitative estimate of drug-likeness (QED) is 0.612. The van der Waals surface area contributed by atoms with Crippen LogP contribution in [0.3, 0.4) is 0 Å². The number of aryl methyl sites for hydroxylation is 2. The van der Waals surface area contributed by atoms with E-state index in [-0.39, 0.29) is 5.92 Å². The number of hydrogen-bond acceptors (Lipinski definition) is 8. The molecule has 3 aromatic rings. The Balaban J connectivity index is 1.22. The zero-order valence-electron chi connectivity index (χ0n) is 20.3. The molecule has 2 bridgehead atoms. The number of hydrogen-bond donors (Lipinski definition) is 1. The number of likely N-dealkylation sites (tertiary alicyclic amines) is 1. The maximum Gasteiger partial charge on any atom is 0.159 e. The van der Waals surface area contributed by atoms with Crippen molar-refractivity contribution in [2.75, 3.05) is 44.4 Å². The van der Waals surface area contributed by atoms with Gasteiger partial charge >= 0.3 is 0 Å². The van der Waals surface area contributed by atoms with Crippen LogP contribution in [0.1, 0.15) is 35.7 Å². The average Bonchev–Trinajstić information content (AvgIpc) is 3.53. The lowest BCUT2D eigenvalue weighted by atomic mass is 9.83. The van der Waals surface area contributed by atoms with E-state index >= 15 is 0 Å². The Labute approximate surface area is 204 Å². The molecule has 184 valence electrons. The van der Waals surface area contributed by atoms with Gasteiger partial charge in [0.1, 0.15) is 11.6 Å². The smallest absolute Gasteiger partial charge is 0.159 e. The molecule has 1 aromatic carbocycles. The van der Waals surface area contributed by atoms with E-state index in [4.69, 9.17) is 24.5 Å². The number of nitrogens with zero attached hydrogens (tertiary/aromatic N) is 6. The summed E-state index contributed by atoms with van der Waals surface area (Å²) < 4.78 is 13.1. The van der Waals surface area contributed by atoms with Crippen LogP contribution in [0.4, 0.5) is 5.82 Å². The number of aliphatic hydroxyl groups is 1. The number of ether oxygens (including phenoxy) is 2. The lowest BCUT2D eigenvalue weighted by molar-refractivity contribution is -0.0888. The molecular weight excluding hydrogens is 444 g/mol. The Hall–Kier alpha value is -2.59. The van der Waals surface area contributed by atoms with Gasteiger partial charge in [-0.15, -0.1) is 0 Å². The molecule has 0 unspecified atom stereocenters. The highest BCUT2D eigenvalue weighted by Gasteiger charge is 2.40. The van der Waals surface area contributed by atoms with Gasteiger partial charge in [-0.05, 0) is 56.5 Å². The van der Waals surface area contributed by atoms with E-state index in [0.717, 1.165) is 74.1 Å². The van der Waals surface area contributed by atoms with Crippen LogP contribution in [0.5, 0.6) is 0 Å². The van der Waals surface area contributed by atoms with Crippen molar-refractivity contribution in [3.8, 4) is 5.82 Å². The molecule has 1 N–H and O–H groups in total. The molecule has 2 aromatic heterocycles. The lowest BCUT2D eigenvalue weighted by Crippen LogP contribution is -2.55. The summed E-state index contributed by atoms with van der Waals surface area (Å²) >= 11 is 0. The van der Waals surface area contributed by atoms with E-state index in [0.29, 0.717) is 24.7 Å². The minimum atomic E-state index is -0.391. The number of morpholine rings is 1. The predicted octanol–water partition coefficient (Wildman–Crippen LogP) is 1.96. The second-order valence-corrected chi connectivity index (χ2v) is 10.6. The number of aliphatic hydroxyl groups excluding tert-OH is 1. The number of aromatic nitrogens is 4. The molecule has 4 aliphatic heterocycles. The van der Waals surface area contributed by atoms with Crippen molar-refractivity contribution in [1.29, 1.82) is 0 Å². The van der Waals surface area contributed by atoms with Crippen molar-refractivity contribution in [2.45, 2.75) is 56.9 Å². The molecule has 0 amide bonds. The van der Waals surface area contributed by atoms with Gasteiger partial charge in [-0.25, -0.2) is 14.6 Å². The fraction of sp³-hybridized carbons (Fsp3) is 0.577. The van der Waals surface area contributed by atoms with Crippen LogP contribution >= 0.6 is 0 Å². The van der Waals surface area contributed by atoms with Gasteiger partial charge in [0.15, 0.2) is 5.82 Å². The highest BCUT2D eigenvalue weighted by atomic mass is 16.5. The number of benzene rings is 1. The molecule has 0 spiro atoms. The summed E-state index contributed by atoms with van der Waals surface area (Å²) in [7, 11) is 0. The fourth-order valence-corrected chi connectivity index (χ4v) is 6.34. The van der Waals surface area contributed by atoms with Gasteiger partial charge in [-0.1, -0.05) is 0 Å². The van der Waals surface area contributed by atoms with Gasteiger partial charge < -0.3 is 19.5 Å². The molecule has 0 radical (unpaired) electrons. The van der Waals surface area contributed by atoms with Crippen LogP contribution in [-0.2, 0) is 9.47 Å². The zero-order chi connectivity index (χ0) is 23.7. The molecule has 9 heteroatoms. The predicted molar refractivity (Wildman–Crippen MR) is 131 cm³/mol. The largest absolute Gasteiger partial charge is 0.391 e. The van der Waals surface area contributed by atoms with Gasteiger partial charge in [0, 0.05) is 30.5 Å². The molecule has 35 heavy (non-hydrogen) atoms. The number of piperidine rings is 1. The number of anilines is 1. The summed E-state index contributed by atoms with van der Waals surface area (Å²) in [5.74, 6) is 2.58. The molecule has 4 saturated heterocycles. The van der Waals surface area contributed by atoms with Crippen LogP contribution in [-0.4, -0.2) is 93.5 Å². The van der Waals surface area contributed by atoms with Crippen LogP contribution in [0.15, 0.2) is 24.4 Å². The third-order valence-electron chi connectivity index (χ3n) is 8.33. The highest BCUT2D eigenvalue weighted by Crippen LogP contribution is 2.36. The van der Waals surface area contributed by atoms with Crippen molar-refractivity contribution in [3.63, 3.8) is 0 Å². The minimum Gasteiger partial charge on any atom is -0.391 e. The molecule has 9 nitrogen and oxygen atoms in total. The van der Waals surface area contributed by atoms with Crippen LogP contribution in [0.2, 0.25) is 0 Å². The summed E-state index contributed by atoms with van der Waals surface area (Å²) in [6, 6.07) is 7.32. The molecule has 4 aliphatic rings. The molecule has 4 fully saturated rings. The molecular formula is C26H32N6O3. The molecule has 0 aliphatic carbocycles. The number of fused-ring (bicyclic) bond motifs is 3. The fourth-order valence-electron chi connectivity index (χ4n) is 6.34. The standard InChI is InChI=1S/C26H32N6O3/c1-15-5-17-9-27-32(26-8-25(28-16(2)29-26)31-10-20-6-18(31)14-35-20)23(17)7-22(15)21-3-4-30(11-24(21)33)19-12-34-13-19/h5,7-9,18-21,24,33H,3-4,6,10-14H2,1-2H3/t18-,20-,21-,24-/m1/s1. The lowest BCUT2D eigenvalue weighted by Gasteiger charge is -2.43. The Morgan fingerprint density at radius 3 is 2.57 bits per heavy atom. The van der Waals surface area contributed by atoms with Gasteiger partial charge in [0.05, 0.1) is 55.8 Å². The summed E-state index contributed by atoms with van der Waals surface area (Å²) in [5, 5.41) is 16.9. The van der Waals surface area contributed by atoms with E-state index < -0.39 is 6.10 Å². The monoisotopic (exact) mass is 476 g/mol. The van der Waals surface area contributed by atoms with Crippen molar-refractivity contribution in [3.05, 3.63) is 41.3 Å². The molecule has 7 rings (SSSR count). The normalized spacial score (nSPS) is 29.3. The first-order chi connectivity index (χ1) is 17.0. The van der Waals surface area contributed by atoms with E-state index in [9.17, 15) is 5.11 Å². The highest BCUT2D eigenvalue weighted by molar-refractivity contribution is 5.82. The SMILES string of the molecule is Cc1nc(N2C[C@H]3C[C@@H]2CO3)cc(-n2ncc3cc(C)c([C@H]4CCN(C5COC5)C[C@H]4O)cc32)n1. The van der Waals surface area contributed by atoms with Gasteiger partial charge in [0.25, 0.3) is 0 Å². The average molecular weight is 477 g/mol. The summed E-state index contributed by atoms with van der Waals surface area (Å²) in [4.78, 5) is 14.2. The maximum absolute atomic E-state index is 11.1. The van der Waals surface area contributed by atoms with Crippen molar-refractivity contribution in [2.24, 2.45) is 0 Å². The Bertz CT molecular complexity index is 1270. The van der Waals surface area contributed by atoms with Gasteiger partial charge in [-0.3, -0.25) is 4.90 Å². The number of β-amino-alcohol motifs (C(OH)–C–C–N with tert-alkyl or cyclic N) is 1. The molecule has 6 heterocycles. The van der Waals surface area contributed by atoms with Crippen LogP contribution in [0, 0.1) is 13.8 Å². The van der Waals surface area contributed by atoms with Crippen molar-refractivity contribution in [1.82, 2.24) is 24.6 Å². The zero-order valence-corrected chi connectivity index (χ0v) is 20.3. The maximum atomic E-state index is 11.1. The van der Waals surface area contributed by atoms with Gasteiger partial charge in [-0.2, -0.15) is 5.10 Å². The Kier molecular flexibility index (Phi) is 5.10. The van der Waals surface area contributed by atoms with Crippen molar-refractivity contribution < 1.29 is 14.6 Å². The number of rotatable bonds is 4. The Morgan fingerprint density at radius 1 is 1.00 bits per heavy atom. The minimum absolute atomic E-state index is 0.114. The van der Waals surface area contributed by atoms with E-state index in [1.165, 1.54) is 11.1 Å². The first-order valence-electron chi connectivity index (χ1n) is 12.8. The summed E-state index contributed by atoms with van der Waals surface area (Å²) in [6.45, 7) is 8.99. The third kappa shape index (κ3) is 3.64. The summed E-state index contributed by atoms with van der Waals surface area (Å²) in [6.07, 6.45) is 3.83. The van der Waals surface area contributed by atoms with Gasteiger partial charge in [0.2, 0.25) is 0 Å². The second-order valence-electron chi connectivity index (χ2n) is 10.6. The first-order valence-corrected chi connectivity index (χ1v) is 12.8. The second kappa shape index (κ2) is 8.23. The van der Waals surface area contributed by atoms with Crippen LogP contribution in [0.25, 0.3) is 16.7 Å². The van der Waals surface area contributed by atoms with E-state index in [2.05, 4.69) is 28.9 Å². The van der Waals surface area contributed by atoms with E-state index in [1.54, 1.807) is 0 Å². The van der Waals surface area contributed by atoms with E-state index in [1.807, 2.05) is 23.9 Å². The third-order valence-corrected chi connectivity index (χ3v) is 8.33. The first kappa shape index (κ1) is 21.7.